The van der Waals surface area contributed by atoms with Crippen molar-refractivity contribution in [2.45, 2.75) is 20.8 Å². The zero-order valence-corrected chi connectivity index (χ0v) is 16.1. The summed E-state index contributed by atoms with van der Waals surface area (Å²) in [6.07, 6.45) is 4.65. The van der Waals surface area contributed by atoms with Crippen LogP contribution in [0.1, 0.15) is 34.1 Å². The summed E-state index contributed by atoms with van der Waals surface area (Å²) in [5, 5.41) is 4.03. The number of hydrogen-bond donors (Lipinski definition) is 1. The van der Waals surface area contributed by atoms with E-state index < -0.39 is 5.91 Å². The van der Waals surface area contributed by atoms with Gasteiger partial charge in [0.1, 0.15) is 11.4 Å². The van der Waals surface area contributed by atoms with Gasteiger partial charge in [0.15, 0.2) is 0 Å². The van der Waals surface area contributed by atoms with E-state index in [-0.39, 0.29) is 5.69 Å². The molecule has 1 amide bonds. The van der Waals surface area contributed by atoms with Crippen LogP contribution in [0, 0.1) is 13.8 Å². The Hall–Kier alpha value is -3.54. The van der Waals surface area contributed by atoms with E-state index in [4.69, 9.17) is 4.74 Å². The van der Waals surface area contributed by atoms with E-state index in [9.17, 15) is 4.79 Å². The predicted molar refractivity (Wildman–Crippen MR) is 110 cm³/mol. The second kappa shape index (κ2) is 8.90. The monoisotopic (exact) mass is 374 g/mol. The maximum absolute atomic E-state index is 12.3. The molecule has 1 N–H and O–H groups in total. The Morgan fingerprint density at radius 2 is 1.82 bits per heavy atom. The van der Waals surface area contributed by atoms with Crippen LogP contribution in [-0.2, 0) is 0 Å². The van der Waals surface area contributed by atoms with Gasteiger partial charge in [0.2, 0.25) is 0 Å². The lowest BCUT2D eigenvalue weighted by atomic mass is 10.1. The fourth-order valence-corrected chi connectivity index (χ4v) is 2.81. The molecule has 0 saturated heterocycles. The first kappa shape index (κ1) is 19.2. The molecule has 0 aliphatic heterocycles. The number of amides is 1. The highest BCUT2D eigenvalue weighted by Crippen LogP contribution is 2.20. The number of aryl methyl sites for hydroxylation is 2. The first-order valence-electron chi connectivity index (χ1n) is 9.02. The Bertz CT molecular complexity index is 977. The van der Waals surface area contributed by atoms with E-state index in [0.29, 0.717) is 12.3 Å². The summed E-state index contributed by atoms with van der Waals surface area (Å²) in [6, 6.07) is 13.6. The summed E-state index contributed by atoms with van der Waals surface area (Å²) >= 11 is 0. The first-order chi connectivity index (χ1) is 13.5. The van der Waals surface area contributed by atoms with Gasteiger partial charge in [0.25, 0.3) is 5.91 Å². The minimum absolute atomic E-state index is 0.198. The molecular formula is C22H22N4O2. The van der Waals surface area contributed by atoms with Crippen LogP contribution in [0.25, 0.3) is 11.3 Å². The Balaban J connectivity index is 1.70. The average Bonchev–Trinajstić information content (AvgIpc) is 2.68. The van der Waals surface area contributed by atoms with Gasteiger partial charge in [0, 0.05) is 5.56 Å². The largest absolute Gasteiger partial charge is 0.494 e. The van der Waals surface area contributed by atoms with Crippen LogP contribution >= 0.6 is 0 Å². The Labute approximate surface area is 164 Å². The third kappa shape index (κ3) is 5.01. The number of carbonyl (C=O) groups excluding carboxylic acids is 1. The summed E-state index contributed by atoms with van der Waals surface area (Å²) in [5.74, 6) is 0.370. The van der Waals surface area contributed by atoms with Crippen molar-refractivity contribution in [3.63, 3.8) is 0 Å². The highest BCUT2D eigenvalue weighted by atomic mass is 16.5. The van der Waals surface area contributed by atoms with Gasteiger partial charge in [-0.15, -0.1) is 0 Å². The van der Waals surface area contributed by atoms with Gasteiger partial charge in [-0.2, -0.15) is 5.10 Å². The van der Waals surface area contributed by atoms with Crippen molar-refractivity contribution in [2.24, 2.45) is 5.10 Å². The van der Waals surface area contributed by atoms with Crippen LogP contribution in [0.5, 0.6) is 5.75 Å². The minimum atomic E-state index is -0.416. The van der Waals surface area contributed by atoms with Gasteiger partial charge >= 0.3 is 0 Å². The fraction of sp³-hybridized carbons (Fsp3) is 0.182. The summed E-state index contributed by atoms with van der Waals surface area (Å²) in [6.45, 7) is 6.58. The standard InChI is InChI=1S/C22H22N4O2/c1-4-28-19-7-5-18(6-8-19)20-13-23-14-21(25-20)22(27)26-24-12-17-10-15(2)9-16(3)11-17/h5-14H,4H2,1-3H3,(H,26,27)/b24-12+. The molecule has 0 spiro atoms. The lowest BCUT2D eigenvalue weighted by molar-refractivity contribution is 0.0950. The van der Waals surface area contributed by atoms with E-state index in [1.807, 2.05) is 57.2 Å². The van der Waals surface area contributed by atoms with E-state index in [1.54, 1.807) is 12.4 Å². The van der Waals surface area contributed by atoms with Crippen LogP contribution < -0.4 is 10.2 Å². The molecule has 0 aliphatic carbocycles. The highest BCUT2D eigenvalue weighted by Gasteiger charge is 2.09. The summed E-state index contributed by atoms with van der Waals surface area (Å²) in [5.41, 5.74) is 7.36. The third-order valence-electron chi connectivity index (χ3n) is 3.95. The van der Waals surface area contributed by atoms with E-state index >= 15 is 0 Å². The molecule has 6 heteroatoms. The van der Waals surface area contributed by atoms with Crippen LogP contribution in [0.3, 0.4) is 0 Å². The quantitative estimate of drug-likeness (QED) is 0.524. The van der Waals surface area contributed by atoms with Crippen LogP contribution in [0.4, 0.5) is 0 Å². The summed E-state index contributed by atoms with van der Waals surface area (Å²) in [7, 11) is 0. The van der Waals surface area contributed by atoms with Gasteiger partial charge in [-0.05, 0) is 50.6 Å². The normalized spacial score (nSPS) is 10.8. The van der Waals surface area contributed by atoms with Gasteiger partial charge in [-0.25, -0.2) is 10.4 Å². The molecule has 0 atom stereocenters. The number of ether oxygens (including phenoxy) is 1. The molecule has 2 aromatic carbocycles. The number of aromatic nitrogens is 2. The van der Waals surface area contributed by atoms with Crippen molar-refractivity contribution in [1.82, 2.24) is 15.4 Å². The number of benzene rings is 2. The van der Waals surface area contributed by atoms with Crippen molar-refractivity contribution in [3.05, 3.63) is 77.2 Å². The molecular weight excluding hydrogens is 352 g/mol. The fourth-order valence-electron chi connectivity index (χ4n) is 2.81. The molecule has 1 heterocycles. The van der Waals surface area contributed by atoms with E-state index in [1.165, 1.54) is 6.20 Å². The van der Waals surface area contributed by atoms with E-state index in [2.05, 4.69) is 26.6 Å². The molecule has 0 radical (unpaired) electrons. The maximum atomic E-state index is 12.3. The Morgan fingerprint density at radius 3 is 2.50 bits per heavy atom. The predicted octanol–water partition coefficient (Wildman–Crippen LogP) is 3.92. The highest BCUT2D eigenvalue weighted by molar-refractivity contribution is 5.93. The molecule has 0 fully saturated rings. The summed E-state index contributed by atoms with van der Waals surface area (Å²) in [4.78, 5) is 20.9. The molecule has 3 aromatic rings. The van der Waals surface area contributed by atoms with Crippen molar-refractivity contribution >= 4 is 12.1 Å². The molecule has 0 unspecified atom stereocenters. The van der Waals surface area contributed by atoms with Gasteiger partial charge in [-0.3, -0.25) is 9.78 Å². The number of carbonyl (C=O) groups is 1. The van der Waals surface area contributed by atoms with Crippen LogP contribution in [0.15, 0.2) is 60.0 Å². The third-order valence-corrected chi connectivity index (χ3v) is 3.95. The molecule has 0 bridgehead atoms. The molecule has 0 saturated carbocycles. The second-order valence-corrected chi connectivity index (χ2v) is 6.37. The average molecular weight is 374 g/mol. The molecule has 3 rings (SSSR count). The Morgan fingerprint density at radius 1 is 1.11 bits per heavy atom. The van der Waals surface area contributed by atoms with Gasteiger partial charge < -0.3 is 4.74 Å². The molecule has 1 aromatic heterocycles. The number of hydrazone groups is 1. The topological polar surface area (TPSA) is 76.5 Å². The van der Waals surface area contributed by atoms with E-state index in [0.717, 1.165) is 28.0 Å². The van der Waals surface area contributed by atoms with Crippen molar-refractivity contribution in [2.75, 3.05) is 6.61 Å². The Kier molecular flexibility index (Phi) is 6.11. The summed E-state index contributed by atoms with van der Waals surface area (Å²) < 4.78 is 5.44. The first-order valence-corrected chi connectivity index (χ1v) is 9.02. The number of nitrogens with zero attached hydrogens (tertiary/aromatic N) is 3. The lowest BCUT2D eigenvalue weighted by Crippen LogP contribution is -2.19. The van der Waals surface area contributed by atoms with Crippen LogP contribution in [-0.4, -0.2) is 28.7 Å². The minimum Gasteiger partial charge on any atom is -0.494 e. The van der Waals surface area contributed by atoms with Gasteiger partial charge in [0.05, 0.1) is 30.9 Å². The molecule has 6 nitrogen and oxygen atoms in total. The van der Waals surface area contributed by atoms with Gasteiger partial charge in [-0.1, -0.05) is 29.3 Å². The lowest BCUT2D eigenvalue weighted by Gasteiger charge is -2.06. The second-order valence-electron chi connectivity index (χ2n) is 6.37. The SMILES string of the molecule is CCOc1ccc(-c2cncc(C(=O)N/N=C/c3cc(C)cc(C)c3)n2)cc1. The molecule has 0 aliphatic rings. The van der Waals surface area contributed by atoms with Crippen molar-refractivity contribution < 1.29 is 9.53 Å². The molecule has 142 valence electrons. The maximum Gasteiger partial charge on any atom is 0.291 e. The number of nitrogens with one attached hydrogen (secondary N) is 1. The number of rotatable bonds is 6. The van der Waals surface area contributed by atoms with Crippen molar-refractivity contribution in [1.29, 1.82) is 0 Å². The smallest absolute Gasteiger partial charge is 0.291 e. The zero-order valence-electron chi connectivity index (χ0n) is 16.1. The van der Waals surface area contributed by atoms with Crippen LogP contribution in [0.2, 0.25) is 0 Å². The molecule has 28 heavy (non-hydrogen) atoms. The zero-order chi connectivity index (χ0) is 19.9. The number of hydrogen-bond acceptors (Lipinski definition) is 5. The van der Waals surface area contributed by atoms with Crippen molar-refractivity contribution in [3.8, 4) is 17.0 Å².